The van der Waals surface area contributed by atoms with E-state index in [1.54, 1.807) is 19.9 Å². The second kappa shape index (κ2) is 21.7. The minimum absolute atomic E-state index is 0.0743. The number of carbonyl (C=O) groups excluding carboxylic acids is 2. The van der Waals surface area contributed by atoms with Gasteiger partial charge in [0.1, 0.15) is 19.0 Å². The average Bonchev–Trinajstić information content (AvgIpc) is 3.30. The predicted molar refractivity (Wildman–Crippen MR) is 169 cm³/mol. The molecule has 0 amide bonds. The number of halogens is 3. The zero-order valence-corrected chi connectivity index (χ0v) is 28.1. The first kappa shape index (κ1) is 42.7. The van der Waals surface area contributed by atoms with Crippen molar-refractivity contribution in [3.63, 3.8) is 0 Å². The summed E-state index contributed by atoms with van der Waals surface area (Å²) >= 11 is 0. The van der Waals surface area contributed by atoms with E-state index in [-0.39, 0.29) is 37.3 Å². The van der Waals surface area contributed by atoms with Crippen molar-refractivity contribution < 1.29 is 71.8 Å². The van der Waals surface area contributed by atoms with Gasteiger partial charge in [0.25, 0.3) is 10.2 Å². The van der Waals surface area contributed by atoms with Crippen molar-refractivity contribution in [2.45, 2.75) is 89.1 Å². The molecule has 6 atom stereocenters. The number of nitrogens with zero attached hydrogens (tertiary/aromatic N) is 2. The fraction of sp³-hybridized carbons (Fsp3) is 0.625. The van der Waals surface area contributed by atoms with Gasteiger partial charge in [-0.15, -0.1) is 20.2 Å². The molecule has 1 aromatic carbocycles. The Hall–Kier alpha value is -4.49. The van der Waals surface area contributed by atoms with Gasteiger partial charge in [-0.1, -0.05) is 24.3 Å². The molecule has 19 heteroatoms. The van der Waals surface area contributed by atoms with Gasteiger partial charge in [0, 0.05) is 18.8 Å². The molecule has 0 heterocycles. The highest BCUT2D eigenvalue weighted by Crippen LogP contribution is 2.36. The largest absolute Gasteiger partial charge is 0.489 e. The number of hydrogen-bond acceptors (Lipinski definition) is 14. The van der Waals surface area contributed by atoms with E-state index in [1.165, 1.54) is 12.1 Å². The molecule has 1 unspecified atom stereocenters. The van der Waals surface area contributed by atoms with Crippen molar-refractivity contribution in [2.24, 2.45) is 11.8 Å². The Labute approximate surface area is 291 Å². The summed E-state index contributed by atoms with van der Waals surface area (Å²) in [6.45, 7) is 1.36. The molecular formula is C32H43F3N2O14. The standard InChI is InChI=1S/C32H43F3N2O14/c1-21(2)49-30(40)11-6-4-3-5-10-26-27(29(39)17-28(26)38)13-12-24(19-47-23-9-7-8-22(16-23)32(33,34)35)50-31(41)14-15-46-18-25(51-37(44)45)20-48-36(42)43/h3,5,7-9,12-13,16,21,24-29,38-39H,4,6,10-11,14-15,17-20H2,1-2H3/b5-3-,13-12+/t24-,25?,26-,27-,28+,29-/m1/s1. The molecule has 286 valence electrons. The van der Waals surface area contributed by atoms with Crippen LogP contribution in [0.15, 0.2) is 48.6 Å². The number of allylic oxidation sites excluding steroid dienone is 2. The van der Waals surface area contributed by atoms with E-state index < -0.39 is 90.4 Å². The van der Waals surface area contributed by atoms with Gasteiger partial charge in [-0.25, -0.2) is 0 Å². The van der Waals surface area contributed by atoms with Crippen LogP contribution in [0.4, 0.5) is 13.2 Å². The van der Waals surface area contributed by atoms with Crippen molar-refractivity contribution >= 4 is 11.9 Å². The third-order valence-electron chi connectivity index (χ3n) is 7.37. The molecule has 0 saturated heterocycles. The Morgan fingerprint density at radius 3 is 2.39 bits per heavy atom. The number of unbranched alkanes of at least 4 members (excludes halogenated alkanes) is 1. The smallest absolute Gasteiger partial charge is 0.416 e. The predicted octanol–water partition coefficient (Wildman–Crippen LogP) is 4.17. The molecule has 2 N–H and O–H groups in total. The summed E-state index contributed by atoms with van der Waals surface area (Å²) in [4.78, 5) is 53.6. The zero-order chi connectivity index (χ0) is 38.0. The lowest BCUT2D eigenvalue weighted by Crippen LogP contribution is -2.30. The van der Waals surface area contributed by atoms with Crippen LogP contribution < -0.4 is 4.74 Å². The second-order valence-corrected chi connectivity index (χ2v) is 11.8. The molecule has 1 saturated carbocycles. The first-order chi connectivity index (χ1) is 24.0. The summed E-state index contributed by atoms with van der Waals surface area (Å²) in [6.07, 6.45) is -1.24. The number of aliphatic hydroxyl groups excluding tert-OH is 2. The molecule has 0 bridgehead atoms. The molecule has 0 spiro atoms. The fourth-order valence-corrected chi connectivity index (χ4v) is 5.06. The SMILES string of the molecule is CC(C)OC(=O)CCC/C=C\C[C@@H]1[C@@H](/C=C/[C@H](COc2cccc(C(F)(F)F)c2)OC(=O)CCOCC(CO[N+](=O)[O-])O[N+](=O)[O-])[C@H](O)C[C@@H]1O. The highest BCUT2D eigenvalue weighted by atomic mass is 19.4. The van der Waals surface area contributed by atoms with Gasteiger partial charge in [0.2, 0.25) is 0 Å². The highest BCUT2D eigenvalue weighted by Gasteiger charge is 2.39. The number of carbonyl (C=O) groups is 2. The quantitative estimate of drug-likeness (QED) is 0.0530. The van der Waals surface area contributed by atoms with Gasteiger partial charge in [-0.2, -0.15) is 13.2 Å². The number of esters is 2. The number of ether oxygens (including phenoxy) is 4. The van der Waals surface area contributed by atoms with Crippen LogP contribution in [0.1, 0.15) is 57.9 Å². The van der Waals surface area contributed by atoms with Gasteiger partial charge in [0.05, 0.1) is 43.5 Å². The maximum atomic E-state index is 13.2. The lowest BCUT2D eigenvalue weighted by molar-refractivity contribution is -0.790. The van der Waals surface area contributed by atoms with Crippen LogP contribution in [0.25, 0.3) is 0 Å². The lowest BCUT2D eigenvalue weighted by Gasteiger charge is -2.21. The molecule has 1 fully saturated rings. The van der Waals surface area contributed by atoms with Gasteiger partial charge in [0.15, 0.2) is 12.2 Å². The molecule has 0 aliphatic heterocycles. The number of aliphatic hydroxyl groups is 2. The van der Waals surface area contributed by atoms with Crippen LogP contribution in [-0.4, -0.2) is 89.3 Å². The van der Waals surface area contributed by atoms with Crippen LogP contribution in [0.2, 0.25) is 0 Å². The van der Waals surface area contributed by atoms with Crippen LogP contribution in [0, 0.1) is 32.1 Å². The number of benzene rings is 1. The van der Waals surface area contributed by atoms with Crippen LogP contribution >= 0.6 is 0 Å². The summed E-state index contributed by atoms with van der Waals surface area (Å²) in [5.74, 6) is -2.35. The van der Waals surface area contributed by atoms with Crippen LogP contribution in [-0.2, 0) is 39.7 Å². The van der Waals surface area contributed by atoms with E-state index in [0.717, 1.165) is 18.2 Å². The summed E-state index contributed by atoms with van der Waals surface area (Å²) in [5, 5.41) is 39.9. The fourth-order valence-electron chi connectivity index (χ4n) is 5.06. The van der Waals surface area contributed by atoms with E-state index in [4.69, 9.17) is 18.9 Å². The number of alkyl halides is 3. The molecule has 1 aliphatic rings. The van der Waals surface area contributed by atoms with E-state index in [2.05, 4.69) is 9.68 Å². The molecule has 1 aromatic rings. The summed E-state index contributed by atoms with van der Waals surface area (Å²) in [7, 11) is 0. The van der Waals surface area contributed by atoms with Gasteiger partial charge in [-0.3, -0.25) is 9.59 Å². The zero-order valence-electron chi connectivity index (χ0n) is 28.1. The molecule has 16 nitrogen and oxygen atoms in total. The van der Waals surface area contributed by atoms with Gasteiger partial charge in [-0.05, 0) is 63.3 Å². The Balaban J connectivity index is 2.07. The monoisotopic (exact) mass is 736 g/mol. The lowest BCUT2D eigenvalue weighted by atomic mass is 9.89. The van der Waals surface area contributed by atoms with Crippen molar-refractivity contribution in [1.82, 2.24) is 0 Å². The first-order valence-corrected chi connectivity index (χ1v) is 16.1. The van der Waals surface area contributed by atoms with Crippen molar-refractivity contribution in [3.05, 3.63) is 74.4 Å². The van der Waals surface area contributed by atoms with Gasteiger partial charge >= 0.3 is 18.1 Å². The highest BCUT2D eigenvalue weighted by molar-refractivity contribution is 5.70. The van der Waals surface area contributed by atoms with Crippen molar-refractivity contribution in [1.29, 1.82) is 0 Å². The maximum absolute atomic E-state index is 13.2. The van der Waals surface area contributed by atoms with E-state index in [9.17, 15) is 53.2 Å². The molecule has 0 radical (unpaired) electrons. The topological polar surface area (TPSA) is 216 Å². The molecule has 1 aliphatic carbocycles. The Morgan fingerprint density at radius 2 is 1.73 bits per heavy atom. The van der Waals surface area contributed by atoms with Gasteiger partial charge < -0.3 is 38.8 Å². The Morgan fingerprint density at radius 1 is 1.00 bits per heavy atom. The molecular weight excluding hydrogens is 693 g/mol. The van der Waals surface area contributed by atoms with Crippen LogP contribution in [0.3, 0.4) is 0 Å². The first-order valence-electron chi connectivity index (χ1n) is 16.1. The maximum Gasteiger partial charge on any atom is 0.416 e. The van der Waals surface area contributed by atoms with Crippen molar-refractivity contribution in [2.75, 3.05) is 26.4 Å². The van der Waals surface area contributed by atoms with E-state index in [0.29, 0.717) is 19.3 Å². The number of rotatable bonds is 23. The summed E-state index contributed by atoms with van der Waals surface area (Å²) in [5.41, 5.74) is -0.960. The Bertz CT molecular complexity index is 1330. The summed E-state index contributed by atoms with van der Waals surface area (Å²) in [6, 6.07) is 4.06. The van der Waals surface area contributed by atoms with Crippen molar-refractivity contribution in [3.8, 4) is 5.75 Å². The normalized spacial score (nSPS) is 20.3. The Kier molecular flexibility index (Phi) is 18.1. The minimum atomic E-state index is -4.63. The minimum Gasteiger partial charge on any atom is -0.489 e. The molecule has 0 aromatic heterocycles. The molecule has 2 rings (SSSR count). The second-order valence-electron chi connectivity index (χ2n) is 11.8. The van der Waals surface area contributed by atoms with Crippen LogP contribution in [0.5, 0.6) is 5.75 Å². The number of hydrogen-bond donors (Lipinski definition) is 2. The molecule has 51 heavy (non-hydrogen) atoms. The third kappa shape index (κ3) is 17.3. The third-order valence-corrected chi connectivity index (χ3v) is 7.37. The van der Waals surface area contributed by atoms with E-state index >= 15 is 0 Å². The van der Waals surface area contributed by atoms with E-state index in [1.807, 2.05) is 12.2 Å². The summed E-state index contributed by atoms with van der Waals surface area (Å²) < 4.78 is 60.8. The average molecular weight is 737 g/mol.